The fourth-order valence-electron chi connectivity index (χ4n) is 2.30. The average Bonchev–Trinajstić information content (AvgIpc) is 2.42. The van der Waals surface area contributed by atoms with Gasteiger partial charge in [-0.1, -0.05) is 0 Å². The second kappa shape index (κ2) is 7.52. The van der Waals surface area contributed by atoms with E-state index in [9.17, 15) is 4.39 Å². The van der Waals surface area contributed by atoms with Crippen molar-refractivity contribution in [3.63, 3.8) is 0 Å². The van der Waals surface area contributed by atoms with Crippen LogP contribution in [-0.4, -0.2) is 56.2 Å². The van der Waals surface area contributed by atoms with Crippen LogP contribution in [0.25, 0.3) is 0 Å². The molecule has 0 aromatic heterocycles. The zero-order chi connectivity index (χ0) is 13.7. The molecule has 1 aliphatic rings. The molecule has 0 spiro atoms. The van der Waals surface area contributed by atoms with E-state index in [1.165, 1.54) is 0 Å². The maximum absolute atomic E-state index is 13.7. The van der Waals surface area contributed by atoms with Crippen molar-refractivity contribution < 1.29 is 9.13 Å². The van der Waals surface area contributed by atoms with Crippen LogP contribution in [0.1, 0.15) is 5.56 Å². The molecule has 0 saturated carbocycles. The summed E-state index contributed by atoms with van der Waals surface area (Å²) in [5.74, 6) is -0.0952. The van der Waals surface area contributed by atoms with Crippen LogP contribution in [0.4, 0.5) is 4.39 Å². The van der Waals surface area contributed by atoms with Crippen molar-refractivity contribution in [1.82, 2.24) is 9.80 Å². The number of benzene rings is 1. The minimum atomic E-state index is -0.0952. The van der Waals surface area contributed by atoms with E-state index in [2.05, 4.69) is 32.4 Å². The molecule has 1 aromatic rings. The molecule has 3 nitrogen and oxygen atoms in total. The average molecular weight is 378 g/mol. The first-order chi connectivity index (χ1) is 9.19. The zero-order valence-corrected chi connectivity index (χ0v) is 13.4. The number of nitrogens with zero attached hydrogens (tertiary/aromatic N) is 2. The molecule has 106 valence electrons. The molecule has 0 radical (unpaired) electrons. The smallest absolute Gasteiger partial charge is 0.127 e. The third-order valence-electron chi connectivity index (χ3n) is 3.48. The molecule has 1 fully saturated rings. The van der Waals surface area contributed by atoms with Gasteiger partial charge in [-0.25, -0.2) is 4.39 Å². The molecule has 5 heteroatoms. The van der Waals surface area contributed by atoms with Gasteiger partial charge in [0.2, 0.25) is 0 Å². The van der Waals surface area contributed by atoms with E-state index < -0.39 is 0 Å². The highest BCUT2D eigenvalue weighted by Crippen LogP contribution is 2.15. The van der Waals surface area contributed by atoms with Crippen LogP contribution in [0.15, 0.2) is 18.2 Å². The minimum absolute atomic E-state index is 0.0952. The van der Waals surface area contributed by atoms with Crippen LogP contribution in [0, 0.1) is 9.39 Å². The molecule has 19 heavy (non-hydrogen) atoms. The SMILES string of the molecule is COCCN1CCN(Cc2cc(I)ccc2F)CC1. The molecule has 1 aromatic carbocycles. The lowest BCUT2D eigenvalue weighted by Gasteiger charge is -2.34. The molecule has 0 aliphatic carbocycles. The van der Waals surface area contributed by atoms with Crippen molar-refractivity contribution in [3.8, 4) is 0 Å². The van der Waals surface area contributed by atoms with Crippen molar-refractivity contribution in [1.29, 1.82) is 0 Å². The number of methoxy groups -OCH3 is 1. The summed E-state index contributed by atoms with van der Waals surface area (Å²) in [6.07, 6.45) is 0. The second-order valence-corrected chi connectivity index (χ2v) is 6.09. The summed E-state index contributed by atoms with van der Waals surface area (Å²) in [7, 11) is 1.73. The van der Waals surface area contributed by atoms with Crippen LogP contribution in [0.3, 0.4) is 0 Å². The summed E-state index contributed by atoms with van der Waals surface area (Å²) < 4.78 is 19.9. The second-order valence-electron chi connectivity index (χ2n) is 4.85. The predicted molar refractivity (Wildman–Crippen MR) is 82.7 cm³/mol. The lowest BCUT2D eigenvalue weighted by Crippen LogP contribution is -2.46. The van der Waals surface area contributed by atoms with Gasteiger partial charge in [0.15, 0.2) is 0 Å². The van der Waals surface area contributed by atoms with Crippen LogP contribution >= 0.6 is 22.6 Å². The minimum Gasteiger partial charge on any atom is -0.383 e. The van der Waals surface area contributed by atoms with Crippen molar-refractivity contribution in [2.45, 2.75) is 6.54 Å². The van der Waals surface area contributed by atoms with E-state index in [1.807, 2.05) is 12.1 Å². The fraction of sp³-hybridized carbons (Fsp3) is 0.571. The number of piperazine rings is 1. The summed E-state index contributed by atoms with van der Waals surface area (Å²) in [6, 6.07) is 5.31. The van der Waals surface area contributed by atoms with Crippen molar-refractivity contribution in [2.24, 2.45) is 0 Å². The molecule has 0 amide bonds. The number of rotatable bonds is 5. The first kappa shape index (κ1) is 15.2. The fourth-order valence-corrected chi connectivity index (χ4v) is 2.85. The zero-order valence-electron chi connectivity index (χ0n) is 11.2. The first-order valence-electron chi connectivity index (χ1n) is 6.56. The van der Waals surface area contributed by atoms with Crippen LogP contribution in [0.2, 0.25) is 0 Å². The Kier molecular flexibility index (Phi) is 6.00. The van der Waals surface area contributed by atoms with Crippen LogP contribution < -0.4 is 0 Å². The number of halogens is 2. The molecule has 0 N–H and O–H groups in total. The van der Waals surface area contributed by atoms with Crippen LogP contribution in [0.5, 0.6) is 0 Å². The molecule has 0 atom stereocenters. The van der Waals surface area contributed by atoms with Gasteiger partial charge in [0, 0.05) is 55.5 Å². The van der Waals surface area contributed by atoms with Gasteiger partial charge in [-0.05, 0) is 40.8 Å². The van der Waals surface area contributed by atoms with Crippen molar-refractivity contribution >= 4 is 22.6 Å². The van der Waals surface area contributed by atoms with Crippen LogP contribution in [-0.2, 0) is 11.3 Å². The summed E-state index contributed by atoms with van der Waals surface area (Å²) in [4.78, 5) is 4.71. The van der Waals surface area contributed by atoms with Gasteiger partial charge in [0.25, 0.3) is 0 Å². The number of hydrogen-bond acceptors (Lipinski definition) is 3. The molecular weight excluding hydrogens is 358 g/mol. The van der Waals surface area contributed by atoms with E-state index in [0.717, 1.165) is 48.5 Å². The summed E-state index contributed by atoms with van der Waals surface area (Å²) in [5, 5.41) is 0. The Morgan fingerprint density at radius 3 is 2.58 bits per heavy atom. The lowest BCUT2D eigenvalue weighted by atomic mass is 10.2. The monoisotopic (exact) mass is 378 g/mol. The van der Waals surface area contributed by atoms with Gasteiger partial charge in [-0.15, -0.1) is 0 Å². The molecule has 1 aliphatic heterocycles. The maximum atomic E-state index is 13.7. The standard InChI is InChI=1S/C14H20FIN2O/c1-19-9-8-17-4-6-18(7-5-17)11-12-10-13(16)2-3-14(12)15/h2-3,10H,4-9,11H2,1H3. The Hall–Kier alpha value is -0.240. The van der Waals surface area contributed by atoms with Gasteiger partial charge in [-0.3, -0.25) is 9.80 Å². The topological polar surface area (TPSA) is 15.7 Å². The summed E-state index contributed by atoms with van der Waals surface area (Å²) in [6.45, 7) is 6.54. The van der Waals surface area contributed by atoms with Gasteiger partial charge in [0.1, 0.15) is 5.82 Å². The Bertz CT molecular complexity index is 408. The number of ether oxygens (including phenoxy) is 1. The molecule has 0 bridgehead atoms. The van der Waals surface area contributed by atoms with Gasteiger partial charge < -0.3 is 4.74 Å². The highest BCUT2D eigenvalue weighted by Gasteiger charge is 2.17. The molecule has 0 unspecified atom stereocenters. The van der Waals surface area contributed by atoms with Gasteiger partial charge >= 0.3 is 0 Å². The predicted octanol–water partition coefficient (Wildman–Crippen LogP) is 2.19. The van der Waals surface area contributed by atoms with Crippen molar-refractivity contribution in [2.75, 3.05) is 46.4 Å². The molecular formula is C14H20FIN2O. The van der Waals surface area contributed by atoms with E-state index in [-0.39, 0.29) is 5.82 Å². The van der Waals surface area contributed by atoms with E-state index in [0.29, 0.717) is 6.54 Å². The third kappa shape index (κ3) is 4.66. The quantitative estimate of drug-likeness (QED) is 0.731. The van der Waals surface area contributed by atoms with Crippen molar-refractivity contribution in [3.05, 3.63) is 33.1 Å². The summed E-state index contributed by atoms with van der Waals surface area (Å²) >= 11 is 2.23. The Morgan fingerprint density at radius 1 is 1.21 bits per heavy atom. The Morgan fingerprint density at radius 2 is 1.89 bits per heavy atom. The lowest BCUT2D eigenvalue weighted by molar-refractivity contribution is 0.0933. The maximum Gasteiger partial charge on any atom is 0.127 e. The normalized spacial score (nSPS) is 17.8. The van der Waals surface area contributed by atoms with E-state index in [4.69, 9.17) is 4.74 Å². The van der Waals surface area contributed by atoms with Gasteiger partial charge in [0.05, 0.1) is 6.61 Å². The van der Waals surface area contributed by atoms with E-state index >= 15 is 0 Å². The Balaban J connectivity index is 1.83. The molecule has 1 saturated heterocycles. The highest BCUT2D eigenvalue weighted by molar-refractivity contribution is 14.1. The largest absolute Gasteiger partial charge is 0.383 e. The number of hydrogen-bond donors (Lipinski definition) is 0. The molecule has 1 heterocycles. The molecule has 2 rings (SSSR count). The third-order valence-corrected chi connectivity index (χ3v) is 4.15. The summed E-state index contributed by atoms with van der Waals surface area (Å²) in [5.41, 5.74) is 0.803. The first-order valence-corrected chi connectivity index (χ1v) is 7.64. The van der Waals surface area contributed by atoms with Gasteiger partial charge in [-0.2, -0.15) is 0 Å². The highest BCUT2D eigenvalue weighted by atomic mass is 127. The van der Waals surface area contributed by atoms with E-state index in [1.54, 1.807) is 13.2 Å². The Labute approximate surface area is 127 Å².